The fraction of sp³-hybridized carbons (Fsp3) is 0.364. The van der Waals surface area contributed by atoms with Crippen molar-refractivity contribution in [3.8, 4) is 39.0 Å². The molecule has 4 heterocycles. The first-order valence-corrected chi connectivity index (χ1v) is 11.5. The van der Waals surface area contributed by atoms with Crippen molar-refractivity contribution < 1.29 is 17.9 Å². The highest BCUT2D eigenvalue weighted by atomic mass is 32.1. The van der Waals surface area contributed by atoms with Crippen molar-refractivity contribution in [1.29, 1.82) is 0 Å². The summed E-state index contributed by atoms with van der Waals surface area (Å²) in [6, 6.07) is 5.86. The van der Waals surface area contributed by atoms with Gasteiger partial charge in [-0.25, -0.2) is 14.6 Å². The van der Waals surface area contributed by atoms with E-state index >= 15 is 0 Å². The van der Waals surface area contributed by atoms with Crippen molar-refractivity contribution in [1.82, 2.24) is 34.8 Å². The van der Waals surface area contributed by atoms with E-state index in [1.54, 1.807) is 0 Å². The first-order valence-electron chi connectivity index (χ1n) is 10.7. The minimum Gasteiger partial charge on any atom is -0.492 e. The van der Waals surface area contributed by atoms with Gasteiger partial charge in [0.25, 0.3) is 0 Å². The molecular weight excluding hydrogens is 467 g/mol. The molecule has 0 saturated heterocycles. The lowest BCUT2D eigenvalue weighted by molar-refractivity contribution is -0.142. The maximum Gasteiger partial charge on any atom is 0.408 e. The Balaban J connectivity index is 0.000000868. The molecule has 3 aromatic heterocycles. The van der Waals surface area contributed by atoms with Crippen LogP contribution >= 0.6 is 11.3 Å². The zero-order valence-electron chi connectivity index (χ0n) is 18.9. The van der Waals surface area contributed by atoms with Gasteiger partial charge in [-0.2, -0.15) is 23.4 Å². The molecule has 0 radical (unpaired) electrons. The van der Waals surface area contributed by atoms with Crippen molar-refractivity contribution in [3.05, 3.63) is 41.8 Å². The second kappa shape index (κ2) is 9.94. The molecule has 0 saturated carbocycles. The third-order valence-corrected chi connectivity index (χ3v) is 6.06. The number of nitrogens with one attached hydrogen (secondary N) is 1. The van der Waals surface area contributed by atoms with Crippen LogP contribution in [0.3, 0.4) is 0 Å². The molecule has 5 rings (SSSR count). The van der Waals surface area contributed by atoms with Crippen LogP contribution in [-0.4, -0.2) is 56.4 Å². The van der Waals surface area contributed by atoms with Crippen LogP contribution < -0.4 is 10.1 Å². The number of hydrogen-bond acceptors (Lipinski definition) is 7. The lowest BCUT2D eigenvalue weighted by Crippen LogP contribution is -2.19. The lowest BCUT2D eigenvalue weighted by atomic mass is 10.0. The van der Waals surface area contributed by atoms with Gasteiger partial charge in [0.05, 0.1) is 18.5 Å². The monoisotopic (exact) mass is 491 g/mol. The van der Waals surface area contributed by atoms with Crippen LogP contribution in [-0.2, 0) is 19.5 Å². The Kier molecular flexibility index (Phi) is 6.98. The minimum atomic E-state index is -4.39. The van der Waals surface area contributed by atoms with Gasteiger partial charge in [-0.05, 0) is 38.7 Å². The van der Waals surface area contributed by atoms with E-state index in [2.05, 4.69) is 25.5 Å². The maximum absolute atomic E-state index is 12.9. The van der Waals surface area contributed by atoms with Crippen LogP contribution in [0.4, 0.5) is 13.2 Å². The average Bonchev–Trinajstić information content (AvgIpc) is 3.51. The van der Waals surface area contributed by atoms with Gasteiger partial charge in [0, 0.05) is 35.2 Å². The van der Waals surface area contributed by atoms with E-state index in [4.69, 9.17) is 4.74 Å². The smallest absolute Gasteiger partial charge is 0.408 e. The molecule has 1 aromatic carbocycles. The Hall–Kier alpha value is -3.25. The van der Waals surface area contributed by atoms with Crippen molar-refractivity contribution in [2.45, 2.75) is 32.6 Å². The van der Waals surface area contributed by atoms with Gasteiger partial charge < -0.3 is 10.1 Å². The van der Waals surface area contributed by atoms with Crippen LogP contribution in [0.25, 0.3) is 33.2 Å². The van der Waals surface area contributed by atoms with Crippen LogP contribution in [0.5, 0.6) is 5.75 Å². The summed E-state index contributed by atoms with van der Waals surface area (Å²) in [5.41, 5.74) is 3.48. The molecule has 0 fully saturated rings. The van der Waals surface area contributed by atoms with Crippen LogP contribution in [0, 0.1) is 0 Å². The lowest BCUT2D eigenvalue weighted by Gasteiger charge is -2.09. The van der Waals surface area contributed by atoms with E-state index in [0.29, 0.717) is 29.5 Å². The number of benzene rings is 1. The zero-order valence-corrected chi connectivity index (χ0v) is 19.7. The van der Waals surface area contributed by atoms with E-state index in [-0.39, 0.29) is 5.82 Å². The second-order valence-electron chi connectivity index (χ2n) is 7.54. The first kappa shape index (κ1) is 23.9. The number of rotatable bonds is 4. The molecule has 34 heavy (non-hydrogen) atoms. The number of thiazole rings is 1. The van der Waals surface area contributed by atoms with Gasteiger partial charge >= 0.3 is 6.18 Å². The molecule has 1 aliphatic rings. The summed E-state index contributed by atoms with van der Waals surface area (Å²) in [6.45, 7) is 2.05. The molecule has 180 valence electrons. The van der Waals surface area contributed by atoms with Gasteiger partial charge in [-0.1, -0.05) is 6.07 Å². The molecule has 0 atom stereocenters. The second-order valence-corrected chi connectivity index (χ2v) is 8.63. The van der Waals surface area contributed by atoms with Crippen molar-refractivity contribution in [3.63, 3.8) is 0 Å². The highest BCUT2D eigenvalue weighted by molar-refractivity contribution is 7.15. The quantitative estimate of drug-likeness (QED) is 0.459. The molecule has 0 spiro atoms. The molecule has 4 aromatic rings. The molecule has 1 aliphatic heterocycles. The predicted octanol–water partition coefficient (Wildman–Crippen LogP) is 4.28. The Morgan fingerprint density at radius 1 is 1.18 bits per heavy atom. The SMILES string of the molecule is CCn1cc(-c2ccc3c(c2)OCCc2sc(-c4ncnn4CC(F)(F)F)nc2-3)cn1.CNC. The summed E-state index contributed by atoms with van der Waals surface area (Å²) in [7, 11) is 3.75. The fourth-order valence-corrected chi connectivity index (χ4v) is 4.56. The summed E-state index contributed by atoms with van der Waals surface area (Å²) in [5.74, 6) is 0.801. The highest BCUT2D eigenvalue weighted by Crippen LogP contribution is 2.41. The normalized spacial score (nSPS) is 12.8. The summed E-state index contributed by atoms with van der Waals surface area (Å²) in [6.07, 6.45) is 1.12. The zero-order chi connectivity index (χ0) is 24.3. The van der Waals surface area contributed by atoms with Crippen LogP contribution in [0.1, 0.15) is 11.8 Å². The topological polar surface area (TPSA) is 82.7 Å². The van der Waals surface area contributed by atoms with E-state index in [1.807, 2.05) is 56.3 Å². The van der Waals surface area contributed by atoms with Gasteiger partial charge in [-0.15, -0.1) is 11.3 Å². The van der Waals surface area contributed by atoms with E-state index < -0.39 is 12.7 Å². The highest BCUT2D eigenvalue weighted by Gasteiger charge is 2.31. The molecule has 0 unspecified atom stereocenters. The largest absolute Gasteiger partial charge is 0.492 e. The van der Waals surface area contributed by atoms with E-state index in [0.717, 1.165) is 39.1 Å². The van der Waals surface area contributed by atoms with E-state index in [1.165, 1.54) is 11.3 Å². The number of hydrogen-bond donors (Lipinski definition) is 1. The number of alkyl halides is 3. The van der Waals surface area contributed by atoms with Crippen LogP contribution in [0.15, 0.2) is 36.9 Å². The number of aromatic nitrogens is 6. The number of ether oxygens (including phenoxy) is 1. The Morgan fingerprint density at radius 2 is 1.97 bits per heavy atom. The molecule has 1 N–H and O–H groups in total. The number of fused-ring (bicyclic) bond motifs is 3. The fourth-order valence-electron chi connectivity index (χ4n) is 3.50. The molecule has 0 aliphatic carbocycles. The minimum absolute atomic E-state index is 0.112. The maximum atomic E-state index is 12.9. The average molecular weight is 492 g/mol. The molecule has 0 bridgehead atoms. The van der Waals surface area contributed by atoms with Crippen molar-refractivity contribution >= 4 is 11.3 Å². The summed E-state index contributed by atoms with van der Waals surface area (Å²) in [4.78, 5) is 9.60. The molecular formula is C22H24F3N7OS. The number of nitrogens with zero attached hydrogens (tertiary/aromatic N) is 6. The molecule has 0 amide bonds. The summed E-state index contributed by atoms with van der Waals surface area (Å²) < 4.78 is 47.2. The standard InChI is InChI=1S/C20H17F3N6OS.C2H7N/c1-2-28-9-13(8-25-28)12-3-4-14-15(7-12)30-6-5-16-17(14)27-19(31-16)18-24-11-26-29(18)10-20(21,22)23;1-3-2/h3-4,7-9,11H,2,5-6,10H2,1H3;3H,1-2H3. The van der Waals surface area contributed by atoms with E-state index in [9.17, 15) is 13.2 Å². The van der Waals surface area contributed by atoms with Gasteiger partial charge in [0.1, 0.15) is 18.6 Å². The van der Waals surface area contributed by atoms with Gasteiger partial charge in [0.15, 0.2) is 10.8 Å². The molecule has 8 nitrogen and oxygen atoms in total. The number of aryl methyl sites for hydroxylation is 1. The van der Waals surface area contributed by atoms with Crippen LogP contribution in [0.2, 0.25) is 0 Å². The Labute approximate surface area is 198 Å². The Morgan fingerprint density at radius 3 is 2.68 bits per heavy atom. The third-order valence-electron chi connectivity index (χ3n) is 4.95. The summed E-state index contributed by atoms with van der Waals surface area (Å²) >= 11 is 1.32. The molecule has 12 heteroatoms. The van der Waals surface area contributed by atoms with Crippen molar-refractivity contribution in [2.75, 3.05) is 20.7 Å². The summed E-state index contributed by atoms with van der Waals surface area (Å²) in [5, 5.41) is 11.2. The van der Waals surface area contributed by atoms with Gasteiger partial charge in [0.2, 0.25) is 0 Å². The van der Waals surface area contributed by atoms with Crippen molar-refractivity contribution in [2.24, 2.45) is 0 Å². The number of halogens is 3. The third kappa shape index (κ3) is 5.12. The Bertz CT molecular complexity index is 1260. The first-order chi connectivity index (χ1) is 16.3. The predicted molar refractivity (Wildman–Crippen MR) is 124 cm³/mol. The van der Waals surface area contributed by atoms with Gasteiger partial charge in [-0.3, -0.25) is 4.68 Å².